The quantitative estimate of drug-likeness (QED) is 0.809. The van der Waals surface area contributed by atoms with Crippen LogP contribution in [0, 0.1) is 5.82 Å². The maximum Gasteiger partial charge on any atom is 0.165 e. The Morgan fingerprint density at radius 2 is 2.40 bits per heavy atom. The van der Waals surface area contributed by atoms with Crippen LogP contribution in [0.4, 0.5) is 10.2 Å². The molecule has 5 heteroatoms. The van der Waals surface area contributed by atoms with E-state index in [9.17, 15) is 4.39 Å². The van der Waals surface area contributed by atoms with Crippen LogP contribution in [0.3, 0.4) is 0 Å². The molecule has 0 radical (unpaired) electrons. The van der Waals surface area contributed by atoms with Crippen molar-refractivity contribution in [3.8, 4) is 0 Å². The molecule has 2 N–H and O–H groups in total. The first-order chi connectivity index (χ1) is 7.19. The van der Waals surface area contributed by atoms with Gasteiger partial charge < -0.3 is 10.4 Å². The molecule has 1 heterocycles. The van der Waals surface area contributed by atoms with Crippen LogP contribution in [-0.2, 0) is 0 Å². The molecule has 84 valence electrons. The van der Waals surface area contributed by atoms with Crippen molar-refractivity contribution in [3.05, 3.63) is 24.1 Å². The van der Waals surface area contributed by atoms with E-state index in [4.69, 9.17) is 5.11 Å². The summed E-state index contributed by atoms with van der Waals surface area (Å²) in [6.07, 6.45) is 3.44. The van der Waals surface area contributed by atoms with Gasteiger partial charge in [-0.25, -0.2) is 9.37 Å². The van der Waals surface area contributed by atoms with Crippen molar-refractivity contribution in [1.82, 2.24) is 4.98 Å². The number of aromatic nitrogens is 1. The minimum absolute atomic E-state index is 0.0330. The monoisotopic (exact) mass is 230 g/mol. The van der Waals surface area contributed by atoms with E-state index in [1.165, 1.54) is 12.3 Å². The number of aliphatic hydroxyl groups excluding tert-OH is 1. The normalized spacial score (nSPS) is 14.7. The van der Waals surface area contributed by atoms with Crippen molar-refractivity contribution in [2.75, 3.05) is 18.2 Å². The molecule has 0 amide bonds. The number of nitrogens with one attached hydrogen (secondary N) is 1. The average molecular weight is 230 g/mol. The Hall–Kier alpha value is -0.810. The molecular weight excluding hydrogens is 215 g/mol. The zero-order valence-corrected chi connectivity index (χ0v) is 9.59. The van der Waals surface area contributed by atoms with Crippen molar-refractivity contribution in [2.24, 2.45) is 0 Å². The summed E-state index contributed by atoms with van der Waals surface area (Å²) in [5.41, 5.74) is 0. The van der Waals surface area contributed by atoms with Crippen LogP contribution >= 0.6 is 11.8 Å². The van der Waals surface area contributed by atoms with E-state index in [1.54, 1.807) is 17.8 Å². The van der Waals surface area contributed by atoms with Crippen LogP contribution in [0.5, 0.6) is 0 Å². The SMILES string of the molecule is CS[C@H](CO)[C@@H](C)Nc1ncccc1F. The van der Waals surface area contributed by atoms with Crippen molar-refractivity contribution >= 4 is 17.6 Å². The van der Waals surface area contributed by atoms with Crippen LogP contribution < -0.4 is 5.32 Å². The standard InChI is InChI=1S/C10H15FN2OS/c1-7(9(6-14)15-2)13-10-8(11)4-3-5-12-10/h3-5,7,9,14H,6H2,1-2H3,(H,12,13)/t7-,9-/m1/s1. The smallest absolute Gasteiger partial charge is 0.165 e. The first kappa shape index (κ1) is 12.3. The Bertz CT molecular complexity index is 307. The molecule has 1 aromatic rings. The third kappa shape index (κ3) is 3.35. The highest BCUT2D eigenvalue weighted by Crippen LogP contribution is 2.16. The van der Waals surface area contributed by atoms with Crippen LogP contribution in [0.25, 0.3) is 0 Å². The highest BCUT2D eigenvalue weighted by Gasteiger charge is 2.16. The van der Waals surface area contributed by atoms with E-state index in [0.29, 0.717) is 0 Å². The van der Waals surface area contributed by atoms with Gasteiger partial charge in [0, 0.05) is 17.5 Å². The zero-order valence-electron chi connectivity index (χ0n) is 8.77. The molecular formula is C10H15FN2OS. The van der Waals surface area contributed by atoms with E-state index in [1.807, 2.05) is 13.2 Å². The molecule has 0 aliphatic heterocycles. The van der Waals surface area contributed by atoms with Crippen molar-refractivity contribution in [1.29, 1.82) is 0 Å². The molecule has 1 aromatic heterocycles. The third-order valence-corrected chi connectivity index (χ3v) is 3.33. The summed E-state index contributed by atoms with van der Waals surface area (Å²) in [4.78, 5) is 3.89. The van der Waals surface area contributed by atoms with E-state index < -0.39 is 0 Å². The van der Waals surface area contributed by atoms with Crippen LogP contribution in [0.1, 0.15) is 6.92 Å². The molecule has 0 aliphatic rings. The number of anilines is 1. The van der Waals surface area contributed by atoms with Crippen LogP contribution in [0.2, 0.25) is 0 Å². The summed E-state index contributed by atoms with van der Waals surface area (Å²) in [6.45, 7) is 1.95. The van der Waals surface area contributed by atoms with Gasteiger partial charge >= 0.3 is 0 Å². The lowest BCUT2D eigenvalue weighted by Gasteiger charge is -2.21. The maximum absolute atomic E-state index is 13.2. The largest absolute Gasteiger partial charge is 0.395 e. The lowest BCUT2D eigenvalue weighted by atomic mass is 10.2. The zero-order chi connectivity index (χ0) is 11.3. The van der Waals surface area contributed by atoms with E-state index in [2.05, 4.69) is 10.3 Å². The van der Waals surface area contributed by atoms with Gasteiger partial charge in [0.25, 0.3) is 0 Å². The molecule has 0 bridgehead atoms. The second-order valence-corrected chi connectivity index (χ2v) is 4.30. The minimum Gasteiger partial charge on any atom is -0.395 e. The van der Waals surface area contributed by atoms with Gasteiger partial charge in [-0.1, -0.05) is 0 Å². The van der Waals surface area contributed by atoms with Gasteiger partial charge in [-0.05, 0) is 25.3 Å². The van der Waals surface area contributed by atoms with Gasteiger partial charge in [-0.3, -0.25) is 0 Å². The van der Waals surface area contributed by atoms with Gasteiger partial charge in [0.15, 0.2) is 11.6 Å². The van der Waals surface area contributed by atoms with Crippen molar-refractivity contribution < 1.29 is 9.50 Å². The first-order valence-corrected chi connectivity index (χ1v) is 5.98. The number of pyridine rings is 1. The van der Waals surface area contributed by atoms with E-state index in [-0.39, 0.29) is 29.5 Å². The fraction of sp³-hybridized carbons (Fsp3) is 0.500. The fourth-order valence-electron chi connectivity index (χ4n) is 1.24. The summed E-state index contributed by atoms with van der Waals surface area (Å²) in [7, 11) is 0. The number of aliphatic hydroxyl groups is 1. The number of rotatable bonds is 5. The molecule has 0 aromatic carbocycles. The van der Waals surface area contributed by atoms with E-state index in [0.717, 1.165) is 0 Å². The molecule has 0 spiro atoms. The molecule has 15 heavy (non-hydrogen) atoms. The van der Waals surface area contributed by atoms with Gasteiger partial charge in [0.2, 0.25) is 0 Å². The molecule has 0 unspecified atom stereocenters. The van der Waals surface area contributed by atoms with E-state index >= 15 is 0 Å². The second-order valence-electron chi connectivity index (χ2n) is 3.22. The molecule has 0 fully saturated rings. The average Bonchev–Trinajstić information content (AvgIpc) is 2.23. The summed E-state index contributed by atoms with van der Waals surface area (Å²) in [5, 5.41) is 12.0. The highest BCUT2D eigenvalue weighted by atomic mass is 32.2. The molecule has 1 rings (SSSR count). The highest BCUT2D eigenvalue weighted by molar-refractivity contribution is 7.99. The summed E-state index contributed by atoms with van der Waals surface area (Å²) < 4.78 is 13.2. The molecule has 0 aliphatic carbocycles. The minimum atomic E-state index is -0.373. The third-order valence-electron chi connectivity index (χ3n) is 2.16. The maximum atomic E-state index is 13.2. The lowest BCUT2D eigenvalue weighted by molar-refractivity contribution is 0.288. The summed E-state index contributed by atoms with van der Waals surface area (Å²) in [5.74, 6) is -0.139. The predicted molar refractivity (Wildman–Crippen MR) is 61.7 cm³/mol. The first-order valence-electron chi connectivity index (χ1n) is 4.69. The number of hydrogen-bond donors (Lipinski definition) is 2. The Kier molecular flexibility index (Phi) is 4.84. The Morgan fingerprint density at radius 3 is 2.93 bits per heavy atom. The van der Waals surface area contributed by atoms with Gasteiger partial charge in [0.1, 0.15) is 0 Å². The number of thioether (sulfide) groups is 1. The molecule has 3 nitrogen and oxygen atoms in total. The summed E-state index contributed by atoms with van der Waals surface area (Å²) >= 11 is 1.54. The van der Waals surface area contributed by atoms with Gasteiger partial charge in [-0.2, -0.15) is 11.8 Å². The number of halogens is 1. The Morgan fingerprint density at radius 1 is 1.67 bits per heavy atom. The molecule has 0 saturated heterocycles. The topological polar surface area (TPSA) is 45.1 Å². The molecule has 0 saturated carbocycles. The second kappa shape index (κ2) is 5.92. The van der Waals surface area contributed by atoms with Crippen molar-refractivity contribution in [2.45, 2.75) is 18.2 Å². The fourth-order valence-corrected chi connectivity index (χ4v) is 1.86. The van der Waals surface area contributed by atoms with Gasteiger partial charge in [-0.15, -0.1) is 0 Å². The Balaban J connectivity index is 2.65. The Labute approximate surface area is 93.1 Å². The van der Waals surface area contributed by atoms with Crippen LogP contribution in [-0.4, -0.2) is 34.2 Å². The van der Waals surface area contributed by atoms with Crippen molar-refractivity contribution in [3.63, 3.8) is 0 Å². The van der Waals surface area contributed by atoms with Gasteiger partial charge in [0.05, 0.1) is 6.61 Å². The number of nitrogens with zero attached hydrogens (tertiary/aromatic N) is 1. The van der Waals surface area contributed by atoms with Crippen LogP contribution in [0.15, 0.2) is 18.3 Å². The number of hydrogen-bond acceptors (Lipinski definition) is 4. The summed E-state index contributed by atoms with van der Waals surface area (Å²) in [6, 6.07) is 2.87. The molecule has 2 atom stereocenters. The lowest BCUT2D eigenvalue weighted by Crippen LogP contribution is -2.31. The predicted octanol–water partition coefficient (Wildman–Crippen LogP) is 1.74.